The quantitative estimate of drug-likeness (QED) is 0.775. The third-order valence-corrected chi connectivity index (χ3v) is 3.02. The minimum Gasteiger partial charge on any atom is -0.435 e. The van der Waals surface area contributed by atoms with Gasteiger partial charge in [0, 0.05) is 6.54 Å². The minimum absolute atomic E-state index is 0.0329. The summed E-state index contributed by atoms with van der Waals surface area (Å²) in [6.07, 6.45) is 0.115. The molecule has 0 aliphatic carbocycles. The monoisotopic (exact) mass is 301 g/mol. The van der Waals surface area contributed by atoms with Crippen LogP contribution in [0.4, 0.5) is 8.78 Å². The maximum absolute atomic E-state index is 12.1. The number of hydrogen-bond acceptors (Lipinski definition) is 3. The number of benzene rings is 1. The first-order chi connectivity index (χ1) is 9.88. The summed E-state index contributed by atoms with van der Waals surface area (Å²) >= 11 is 0. The number of alkyl halides is 2. The number of amides is 1. The zero-order valence-corrected chi connectivity index (χ0v) is 12.2. The van der Waals surface area contributed by atoms with Crippen LogP contribution in [-0.2, 0) is 11.2 Å². The number of aliphatic hydroxyl groups excluding tert-OH is 1. The molecule has 0 saturated carbocycles. The molecule has 0 bridgehead atoms. The SMILES string of the molecule is CC(C)C(O)CCNC(=O)Cc1cccc(OC(F)F)c1. The van der Waals surface area contributed by atoms with Crippen LogP contribution in [0.1, 0.15) is 25.8 Å². The highest BCUT2D eigenvalue weighted by Crippen LogP contribution is 2.16. The van der Waals surface area contributed by atoms with E-state index in [1.54, 1.807) is 12.1 Å². The smallest absolute Gasteiger partial charge is 0.387 e. The first-order valence-electron chi connectivity index (χ1n) is 6.87. The molecular formula is C15H21F2NO3. The molecule has 1 aromatic rings. The molecule has 0 aliphatic heterocycles. The Morgan fingerprint density at radius 2 is 2.10 bits per heavy atom. The predicted octanol–water partition coefficient (Wildman–Crippen LogP) is 2.35. The molecular weight excluding hydrogens is 280 g/mol. The lowest BCUT2D eigenvalue weighted by Gasteiger charge is -2.14. The van der Waals surface area contributed by atoms with Crippen molar-refractivity contribution < 1.29 is 23.4 Å². The van der Waals surface area contributed by atoms with Gasteiger partial charge in [0.05, 0.1) is 12.5 Å². The maximum atomic E-state index is 12.1. The van der Waals surface area contributed by atoms with Crippen LogP contribution in [0.3, 0.4) is 0 Å². The summed E-state index contributed by atoms with van der Waals surface area (Å²) in [7, 11) is 0. The number of rotatable bonds is 8. The van der Waals surface area contributed by atoms with Crippen LogP contribution in [0.5, 0.6) is 5.75 Å². The Balaban J connectivity index is 2.40. The fraction of sp³-hybridized carbons (Fsp3) is 0.533. The summed E-state index contributed by atoms with van der Waals surface area (Å²) < 4.78 is 28.5. The van der Waals surface area contributed by atoms with E-state index in [4.69, 9.17) is 0 Å². The minimum atomic E-state index is -2.88. The van der Waals surface area contributed by atoms with E-state index in [-0.39, 0.29) is 24.0 Å². The Morgan fingerprint density at radius 1 is 1.38 bits per heavy atom. The maximum Gasteiger partial charge on any atom is 0.387 e. The van der Waals surface area contributed by atoms with E-state index in [1.165, 1.54) is 12.1 Å². The second-order valence-corrected chi connectivity index (χ2v) is 5.15. The van der Waals surface area contributed by atoms with E-state index in [0.29, 0.717) is 18.5 Å². The van der Waals surface area contributed by atoms with E-state index >= 15 is 0 Å². The van der Waals surface area contributed by atoms with Gasteiger partial charge in [-0.05, 0) is 30.0 Å². The third-order valence-electron chi connectivity index (χ3n) is 3.02. The van der Waals surface area contributed by atoms with Crippen LogP contribution in [0, 0.1) is 5.92 Å². The van der Waals surface area contributed by atoms with Gasteiger partial charge in [-0.2, -0.15) is 8.78 Å². The summed E-state index contributed by atoms with van der Waals surface area (Å²) in [5, 5.41) is 12.3. The average Bonchev–Trinajstić information content (AvgIpc) is 2.37. The van der Waals surface area contributed by atoms with Crippen molar-refractivity contribution in [2.45, 2.75) is 39.4 Å². The van der Waals surface area contributed by atoms with Crippen molar-refractivity contribution in [2.24, 2.45) is 5.92 Å². The molecule has 0 heterocycles. The first-order valence-corrected chi connectivity index (χ1v) is 6.87. The van der Waals surface area contributed by atoms with Gasteiger partial charge in [-0.1, -0.05) is 26.0 Å². The summed E-state index contributed by atoms with van der Waals surface area (Å²) in [6.45, 7) is 1.31. The molecule has 6 heteroatoms. The molecule has 1 atom stereocenters. The second-order valence-electron chi connectivity index (χ2n) is 5.15. The zero-order chi connectivity index (χ0) is 15.8. The number of hydrogen-bond donors (Lipinski definition) is 2. The highest BCUT2D eigenvalue weighted by molar-refractivity contribution is 5.78. The van der Waals surface area contributed by atoms with Gasteiger partial charge in [0.15, 0.2) is 0 Å². The van der Waals surface area contributed by atoms with Crippen molar-refractivity contribution in [1.82, 2.24) is 5.32 Å². The largest absolute Gasteiger partial charge is 0.435 e. The first kappa shape index (κ1) is 17.4. The summed E-state index contributed by atoms with van der Waals surface area (Å²) in [6, 6.07) is 6.05. The van der Waals surface area contributed by atoms with Crippen LogP contribution in [0.25, 0.3) is 0 Å². The van der Waals surface area contributed by atoms with Gasteiger partial charge in [0.25, 0.3) is 0 Å². The molecule has 0 aliphatic rings. The Labute approximate surface area is 123 Å². The average molecular weight is 301 g/mol. The van der Waals surface area contributed by atoms with Crippen LogP contribution >= 0.6 is 0 Å². The van der Waals surface area contributed by atoms with E-state index < -0.39 is 12.7 Å². The number of ether oxygens (including phenoxy) is 1. The van der Waals surface area contributed by atoms with E-state index in [0.717, 1.165) is 0 Å². The van der Waals surface area contributed by atoms with Gasteiger partial charge in [-0.25, -0.2) is 0 Å². The lowest BCUT2D eigenvalue weighted by atomic mass is 10.0. The lowest BCUT2D eigenvalue weighted by molar-refractivity contribution is -0.120. The Kier molecular flexibility index (Phi) is 7.08. The molecule has 2 N–H and O–H groups in total. The van der Waals surface area contributed by atoms with E-state index in [9.17, 15) is 18.7 Å². The van der Waals surface area contributed by atoms with Crippen molar-refractivity contribution in [3.63, 3.8) is 0 Å². The number of aliphatic hydroxyl groups is 1. The summed E-state index contributed by atoms with van der Waals surface area (Å²) in [4.78, 5) is 11.7. The molecule has 21 heavy (non-hydrogen) atoms. The lowest BCUT2D eigenvalue weighted by Crippen LogP contribution is -2.29. The van der Waals surface area contributed by atoms with Crippen molar-refractivity contribution >= 4 is 5.91 Å². The van der Waals surface area contributed by atoms with Crippen molar-refractivity contribution in [2.75, 3.05) is 6.54 Å². The number of carbonyl (C=O) groups is 1. The highest BCUT2D eigenvalue weighted by atomic mass is 19.3. The van der Waals surface area contributed by atoms with Crippen LogP contribution in [0.15, 0.2) is 24.3 Å². The van der Waals surface area contributed by atoms with Gasteiger partial charge in [0.2, 0.25) is 5.91 Å². The topological polar surface area (TPSA) is 58.6 Å². The molecule has 1 aromatic carbocycles. The summed E-state index contributed by atoms with van der Waals surface area (Å²) in [5.74, 6) is -0.0456. The van der Waals surface area contributed by atoms with Crippen LogP contribution < -0.4 is 10.1 Å². The Bertz CT molecular complexity index is 452. The highest BCUT2D eigenvalue weighted by Gasteiger charge is 2.10. The molecule has 0 saturated heterocycles. The van der Waals surface area contributed by atoms with E-state index in [1.807, 2.05) is 13.8 Å². The molecule has 0 radical (unpaired) electrons. The Hall–Kier alpha value is -1.69. The molecule has 118 valence electrons. The van der Waals surface area contributed by atoms with Crippen LogP contribution in [-0.4, -0.2) is 30.3 Å². The van der Waals surface area contributed by atoms with Gasteiger partial charge >= 0.3 is 6.61 Å². The molecule has 1 amide bonds. The number of nitrogens with one attached hydrogen (secondary N) is 1. The third kappa shape index (κ3) is 7.04. The van der Waals surface area contributed by atoms with Crippen LogP contribution in [0.2, 0.25) is 0 Å². The predicted molar refractivity (Wildman–Crippen MR) is 75.2 cm³/mol. The molecule has 0 fully saturated rings. The zero-order valence-electron chi connectivity index (χ0n) is 12.2. The second kappa shape index (κ2) is 8.56. The molecule has 1 rings (SSSR count). The van der Waals surface area contributed by atoms with Gasteiger partial charge in [-0.3, -0.25) is 4.79 Å². The van der Waals surface area contributed by atoms with Crippen molar-refractivity contribution in [1.29, 1.82) is 0 Å². The number of carbonyl (C=O) groups excluding carboxylic acids is 1. The fourth-order valence-electron chi connectivity index (χ4n) is 1.77. The molecule has 4 nitrogen and oxygen atoms in total. The van der Waals surface area contributed by atoms with E-state index in [2.05, 4.69) is 10.1 Å². The fourth-order valence-corrected chi connectivity index (χ4v) is 1.77. The molecule has 0 spiro atoms. The molecule has 1 unspecified atom stereocenters. The summed E-state index contributed by atoms with van der Waals surface area (Å²) in [5.41, 5.74) is 0.593. The standard InChI is InChI=1S/C15H21F2NO3/c1-10(2)13(19)6-7-18-14(20)9-11-4-3-5-12(8-11)21-15(16)17/h3-5,8,10,13,15,19H,6-7,9H2,1-2H3,(H,18,20). The molecule has 0 aromatic heterocycles. The normalized spacial score (nSPS) is 12.5. The van der Waals surface area contributed by atoms with Crippen molar-refractivity contribution in [3.05, 3.63) is 29.8 Å². The Morgan fingerprint density at radius 3 is 2.71 bits per heavy atom. The van der Waals surface area contributed by atoms with Gasteiger partial charge in [0.1, 0.15) is 5.75 Å². The number of halogens is 2. The van der Waals surface area contributed by atoms with Crippen molar-refractivity contribution in [3.8, 4) is 5.75 Å². The van der Waals surface area contributed by atoms with Gasteiger partial charge in [-0.15, -0.1) is 0 Å². The van der Waals surface area contributed by atoms with Gasteiger partial charge < -0.3 is 15.2 Å².